The summed E-state index contributed by atoms with van der Waals surface area (Å²) in [7, 11) is 1.82. The predicted molar refractivity (Wildman–Crippen MR) is 78.9 cm³/mol. The number of ether oxygens (including phenoxy) is 1. The molecule has 19 heavy (non-hydrogen) atoms. The fraction of sp³-hybridized carbons (Fsp3) is 0.625. The van der Waals surface area contributed by atoms with Crippen molar-refractivity contribution in [3.05, 3.63) is 34.4 Å². The molecule has 2 rings (SSSR count). The maximum atomic E-state index is 5.80. The summed E-state index contributed by atoms with van der Waals surface area (Å²) in [4.78, 5) is 0. The lowest BCUT2D eigenvalue weighted by atomic mass is 9.74. The van der Waals surface area contributed by atoms with Crippen LogP contribution in [0.1, 0.15) is 54.0 Å². The third-order valence-corrected chi connectivity index (χ3v) is 4.73. The Kier molecular flexibility index (Phi) is 4.29. The van der Waals surface area contributed by atoms with Crippen molar-refractivity contribution in [3.63, 3.8) is 0 Å². The van der Waals surface area contributed by atoms with Gasteiger partial charge in [0.2, 0.25) is 0 Å². The van der Waals surface area contributed by atoms with Gasteiger partial charge in [0.05, 0.1) is 5.60 Å². The van der Waals surface area contributed by atoms with Gasteiger partial charge < -0.3 is 4.74 Å². The lowest BCUT2D eigenvalue weighted by Gasteiger charge is -2.43. The van der Waals surface area contributed by atoms with Crippen molar-refractivity contribution in [1.29, 1.82) is 0 Å². The van der Waals surface area contributed by atoms with E-state index in [-0.39, 0.29) is 11.6 Å². The first-order chi connectivity index (χ1) is 9.01. The van der Waals surface area contributed by atoms with E-state index in [1.54, 1.807) is 0 Å². The number of hydrazine groups is 1. The van der Waals surface area contributed by atoms with Crippen molar-refractivity contribution >= 4 is 0 Å². The fourth-order valence-electron chi connectivity index (χ4n) is 3.05. The van der Waals surface area contributed by atoms with Gasteiger partial charge in [0, 0.05) is 13.2 Å². The van der Waals surface area contributed by atoms with Gasteiger partial charge in [0.1, 0.15) is 0 Å². The van der Waals surface area contributed by atoms with E-state index in [0.29, 0.717) is 0 Å². The second kappa shape index (κ2) is 5.61. The molecule has 0 amide bonds. The van der Waals surface area contributed by atoms with Gasteiger partial charge in [-0.1, -0.05) is 12.1 Å². The Morgan fingerprint density at radius 1 is 1.21 bits per heavy atom. The Bertz CT molecular complexity index is 447. The molecule has 0 spiro atoms. The van der Waals surface area contributed by atoms with Crippen LogP contribution in [0.4, 0.5) is 0 Å². The lowest BCUT2D eigenvalue weighted by molar-refractivity contribution is -0.0838. The molecule has 0 bridgehead atoms. The summed E-state index contributed by atoms with van der Waals surface area (Å²) in [5, 5.41) is 0. The highest BCUT2D eigenvalue weighted by atomic mass is 16.5. The van der Waals surface area contributed by atoms with Crippen molar-refractivity contribution in [1.82, 2.24) is 5.43 Å². The molecule has 1 aromatic rings. The zero-order chi connectivity index (χ0) is 14.0. The van der Waals surface area contributed by atoms with Crippen molar-refractivity contribution in [2.24, 2.45) is 5.84 Å². The van der Waals surface area contributed by atoms with E-state index in [0.717, 1.165) is 19.3 Å². The summed E-state index contributed by atoms with van der Waals surface area (Å²) in [6.07, 6.45) is 4.50. The molecule has 0 heterocycles. The zero-order valence-corrected chi connectivity index (χ0v) is 12.5. The molecule has 3 N–H and O–H groups in total. The van der Waals surface area contributed by atoms with Crippen LogP contribution in [0, 0.1) is 20.8 Å². The molecule has 3 nitrogen and oxygen atoms in total. The summed E-state index contributed by atoms with van der Waals surface area (Å²) in [5.74, 6) is 5.80. The second-order valence-corrected chi connectivity index (χ2v) is 5.96. The summed E-state index contributed by atoms with van der Waals surface area (Å²) in [5.41, 5.74) is 8.27. The number of methoxy groups -OCH3 is 1. The first-order valence-corrected chi connectivity index (χ1v) is 7.10. The molecule has 0 aliphatic heterocycles. The van der Waals surface area contributed by atoms with Gasteiger partial charge in [0.15, 0.2) is 0 Å². The van der Waals surface area contributed by atoms with Gasteiger partial charge in [-0.15, -0.1) is 0 Å². The Balaban J connectivity index is 2.24. The van der Waals surface area contributed by atoms with Gasteiger partial charge in [-0.3, -0.25) is 11.3 Å². The van der Waals surface area contributed by atoms with E-state index in [1.807, 2.05) is 7.11 Å². The van der Waals surface area contributed by atoms with E-state index in [1.165, 1.54) is 28.7 Å². The number of benzene rings is 1. The molecular formula is C16H26N2O. The molecule has 3 heteroatoms. The molecule has 1 aliphatic rings. The third kappa shape index (κ3) is 2.83. The van der Waals surface area contributed by atoms with Crippen molar-refractivity contribution in [3.8, 4) is 0 Å². The smallest absolute Gasteiger partial charge is 0.0697 e. The van der Waals surface area contributed by atoms with Gasteiger partial charge in [-0.25, -0.2) is 0 Å². The molecule has 1 saturated carbocycles. The third-order valence-electron chi connectivity index (χ3n) is 4.73. The molecule has 1 aliphatic carbocycles. The summed E-state index contributed by atoms with van der Waals surface area (Å²) in [6, 6.07) is 4.67. The summed E-state index contributed by atoms with van der Waals surface area (Å²) >= 11 is 0. The van der Waals surface area contributed by atoms with Crippen LogP contribution in [0.25, 0.3) is 0 Å². The SMILES string of the molecule is COC1(CC(NN)c2cc(C)c(C)cc2C)CCC1. The molecule has 0 saturated heterocycles. The van der Waals surface area contributed by atoms with Crippen LogP contribution in [0.15, 0.2) is 12.1 Å². The van der Waals surface area contributed by atoms with Crippen molar-refractivity contribution in [2.75, 3.05) is 7.11 Å². The van der Waals surface area contributed by atoms with E-state index < -0.39 is 0 Å². The van der Waals surface area contributed by atoms with Gasteiger partial charge in [0.25, 0.3) is 0 Å². The second-order valence-electron chi connectivity index (χ2n) is 5.96. The van der Waals surface area contributed by atoms with Crippen molar-refractivity contribution in [2.45, 2.75) is 58.1 Å². The van der Waals surface area contributed by atoms with Crippen LogP contribution < -0.4 is 11.3 Å². The number of aryl methyl sites for hydroxylation is 3. The topological polar surface area (TPSA) is 47.3 Å². The maximum Gasteiger partial charge on any atom is 0.0697 e. The normalized spacial score (nSPS) is 19.0. The average Bonchev–Trinajstić information content (AvgIpc) is 2.34. The quantitative estimate of drug-likeness (QED) is 0.633. The Morgan fingerprint density at radius 2 is 1.84 bits per heavy atom. The fourth-order valence-corrected chi connectivity index (χ4v) is 3.05. The molecule has 1 atom stereocenters. The molecule has 1 fully saturated rings. The molecule has 106 valence electrons. The standard InChI is InChI=1S/C16H26N2O/c1-11-8-13(3)14(9-12(11)2)15(18-17)10-16(19-4)6-5-7-16/h8-9,15,18H,5-7,10,17H2,1-4H3. The van der Waals surface area contributed by atoms with Gasteiger partial charge in [-0.05, 0) is 68.7 Å². The van der Waals surface area contributed by atoms with Crippen LogP contribution in [0.3, 0.4) is 0 Å². The number of hydrogen-bond acceptors (Lipinski definition) is 3. The van der Waals surface area contributed by atoms with Crippen molar-refractivity contribution < 1.29 is 4.74 Å². The van der Waals surface area contributed by atoms with Crippen LogP contribution in [-0.2, 0) is 4.74 Å². The first-order valence-electron chi connectivity index (χ1n) is 7.10. The van der Waals surface area contributed by atoms with Crippen LogP contribution >= 0.6 is 0 Å². The highest BCUT2D eigenvalue weighted by molar-refractivity contribution is 5.38. The molecule has 0 radical (unpaired) electrons. The van der Waals surface area contributed by atoms with Crippen LogP contribution in [-0.4, -0.2) is 12.7 Å². The Hall–Kier alpha value is -0.900. The molecule has 1 unspecified atom stereocenters. The van der Waals surface area contributed by atoms with Gasteiger partial charge >= 0.3 is 0 Å². The maximum absolute atomic E-state index is 5.80. The van der Waals surface area contributed by atoms with Crippen LogP contribution in [0.2, 0.25) is 0 Å². The first kappa shape index (κ1) is 14.5. The minimum atomic E-state index is 0.0300. The summed E-state index contributed by atoms with van der Waals surface area (Å²) in [6.45, 7) is 6.47. The van der Waals surface area contributed by atoms with E-state index >= 15 is 0 Å². The number of nitrogens with one attached hydrogen (secondary N) is 1. The number of rotatable bonds is 5. The molecule has 1 aromatic carbocycles. The van der Waals surface area contributed by atoms with E-state index in [4.69, 9.17) is 10.6 Å². The minimum absolute atomic E-state index is 0.0300. The number of nitrogens with two attached hydrogens (primary N) is 1. The predicted octanol–water partition coefficient (Wildman–Crippen LogP) is 3.08. The van der Waals surface area contributed by atoms with E-state index in [2.05, 4.69) is 38.3 Å². The minimum Gasteiger partial charge on any atom is -0.378 e. The summed E-state index contributed by atoms with van der Waals surface area (Å²) < 4.78 is 5.73. The Morgan fingerprint density at radius 3 is 2.32 bits per heavy atom. The molecule has 0 aromatic heterocycles. The van der Waals surface area contributed by atoms with E-state index in [9.17, 15) is 0 Å². The van der Waals surface area contributed by atoms with Crippen LogP contribution in [0.5, 0.6) is 0 Å². The highest BCUT2D eigenvalue weighted by Crippen LogP contribution is 2.42. The number of hydrogen-bond donors (Lipinski definition) is 2. The monoisotopic (exact) mass is 262 g/mol. The zero-order valence-electron chi connectivity index (χ0n) is 12.5. The Labute approximate surface area is 116 Å². The highest BCUT2D eigenvalue weighted by Gasteiger charge is 2.39. The average molecular weight is 262 g/mol. The largest absolute Gasteiger partial charge is 0.378 e. The van der Waals surface area contributed by atoms with Gasteiger partial charge in [-0.2, -0.15) is 0 Å². The lowest BCUT2D eigenvalue weighted by Crippen LogP contribution is -2.44. The molecular weight excluding hydrogens is 236 g/mol.